The van der Waals surface area contributed by atoms with E-state index in [1.165, 1.54) is 0 Å². The number of benzene rings is 1. The van der Waals surface area contributed by atoms with Gasteiger partial charge in [0.15, 0.2) is 0 Å². The highest BCUT2D eigenvalue weighted by Crippen LogP contribution is 2.24. The molecule has 1 aromatic heterocycles. The van der Waals surface area contributed by atoms with Crippen LogP contribution in [0.3, 0.4) is 0 Å². The molecule has 0 saturated carbocycles. The SMILES string of the molecule is Cn1ccc(CC(CCl)c2cccc(Cl)c2)n1. The van der Waals surface area contributed by atoms with Crippen molar-refractivity contribution < 1.29 is 0 Å². The zero-order valence-electron chi connectivity index (χ0n) is 9.61. The summed E-state index contributed by atoms with van der Waals surface area (Å²) in [5.74, 6) is 0.821. The molecule has 1 heterocycles. The number of aromatic nitrogens is 2. The first kappa shape index (κ1) is 12.5. The summed E-state index contributed by atoms with van der Waals surface area (Å²) in [6.07, 6.45) is 2.78. The van der Waals surface area contributed by atoms with E-state index in [1.54, 1.807) is 4.68 Å². The Kier molecular flexibility index (Phi) is 4.08. The van der Waals surface area contributed by atoms with Crippen molar-refractivity contribution in [2.75, 3.05) is 5.88 Å². The molecule has 0 spiro atoms. The predicted molar refractivity (Wildman–Crippen MR) is 71.8 cm³/mol. The summed E-state index contributed by atoms with van der Waals surface area (Å²) < 4.78 is 1.80. The van der Waals surface area contributed by atoms with Gasteiger partial charge in [-0.1, -0.05) is 23.7 Å². The van der Waals surface area contributed by atoms with Crippen LogP contribution in [0, 0.1) is 0 Å². The Labute approximate surface area is 111 Å². The molecule has 17 heavy (non-hydrogen) atoms. The predicted octanol–water partition coefficient (Wildman–Crippen LogP) is 3.64. The number of alkyl halides is 1. The van der Waals surface area contributed by atoms with Crippen molar-refractivity contribution in [2.24, 2.45) is 7.05 Å². The van der Waals surface area contributed by atoms with E-state index < -0.39 is 0 Å². The Balaban J connectivity index is 2.16. The molecule has 0 bridgehead atoms. The Morgan fingerprint density at radius 2 is 2.18 bits per heavy atom. The fourth-order valence-corrected chi connectivity index (χ4v) is 2.33. The van der Waals surface area contributed by atoms with Gasteiger partial charge in [-0.3, -0.25) is 4.68 Å². The third kappa shape index (κ3) is 3.24. The highest BCUT2D eigenvalue weighted by atomic mass is 35.5. The molecular formula is C13H14Cl2N2. The van der Waals surface area contributed by atoms with Crippen LogP contribution in [0.5, 0.6) is 0 Å². The van der Waals surface area contributed by atoms with Gasteiger partial charge in [0, 0.05) is 30.1 Å². The van der Waals surface area contributed by atoms with Crippen molar-refractivity contribution in [2.45, 2.75) is 12.3 Å². The summed E-state index contributed by atoms with van der Waals surface area (Å²) in [6, 6.07) is 9.87. The minimum atomic E-state index is 0.255. The molecular weight excluding hydrogens is 255 g/mol. The van der Waals surface area contributed by atoms with Gasteiger partial charge >= 0.3 is 0 Å². The van der Waals surface area contributed by atoms with Crippen LogP contribution in [0.15, 0.2) is 36.5 Å². The van der Waals surface area contributed by atoms with Gasteiger partial charge in [-0.2, -0.15) is 5.10 Å². The highest BCUT2D eigenvalue weighted by Gasteiger charge is 2.13. The molecule has 0 aliphatic heterocycles. The topological polar surface area (TPSA) is 17.8 Å². The molecule has 0 saturated heterocycles. The molecule has 2 nitrogen and oxygen atoms in total. The van der Waals surface area contributed by atoms with E-state index in [1.807, 2.05) is 37.5 Å². The van der Waals surface area contributed by atoms with Crippen molar-refractivity contribution in [1.82, 2.24) is 9.78 Å². The number of aryl methyl sites for hydroxylation is 1. The summed E-state index contributed by atoms with van der Waals surface area (Å²) in [5.41, 5.74) is 2.22. The molecule has 0 fully saturated rings. The smallest absolute Gasteiger partial charge is 0.0631 e. The zero-order chi connectivity index (χ0) is 12.3. The monoisotopic (exact) mass is 268 g/mol. The second-order valence-electron chi connectivity index (χ2n) is 4.09. The molecule has 1 unspecified atom stereocenters. The number of nitrogens with zero attached hydrogens (tertiary/aromatic N) is 2. The molecule has 0 radical (unpaired) electrons. The third-order valence-corrected chi connectivity index (χ3v) is 3.34. The number of hydrogen-bond acceptors (Lipinski definition) is 1. The van der Waals surface area contributed by atoms with Crippen LogP contribution in [-0.2, 0) is 13.5 Å². The van der Waals surface area contributed by atoms with E-state index in [2.05, 4.69) is 11.2 Å². The van der Waals surface area contributed by atoms with Crippen LogP contribution in [0.25, 0.3) is 0 Å². The molecule has 2 rings (SSSR count). The number of halogens is 2. The van der Waals surface area contributed by atoms with E-state index >= 15 is 0 Å². The minimum absolute atomic E-state index is 0.255. The van der Waals surface area contributed by atoms with Gasteiger partial charge in [0.2, 0.25) is 0 Å². The molecule has 90 valence electrons. The molecule has 1 aromatic carbocycles. The van der Waals surface area contributed by atoms with Gasteiger partial charge in [-0.25, -0.2) is 0 Å². The second kappa shape index (κ2) is 5.56. The zero-order valence-corrected chi connectivity index (χ0v) is 11.1. The van der Waals surface area contributed by atoms with Crippen LogP contribution in [0.4, 0.5) is 0 Å². The number of hydrogen-bond donors (Lipinski definition) is 0. The van der Waals surface area contributed by atoms with Gasteiger partial charge in [0.05, 0.1) is 5.69 Å². The van der Waals surface area contributed by atoms with Crippen molar-refractivity contribution >= 4 is 23.2 Å². The van der Waals surface area contributed by atoms with E-state index in [0.29, 0.717) is 5.88 Å². The maximum atomic E-state index is 6.03. The largest absolute Gasteiger partial charge is 0.276 e. The van der Waals surface area contributed by atoms with Crippen molar-refractivity contribution in [3.8, 4) is 0 Å². The van der Waals surface area contributed by atoms with Gasteiger partial charge in [0.25, 0.3) is 0 Å². The lowest BCUT2D eigenvalue weighted by Gasteiger charge is -2.13. The summed E-state index contributed by atoms with van der Waals surface area (Å²) in [5, 5.41) is 5.12. The average molecular weight is 269 g/mol. The fraction of sp³-hybridized carbons (Fsp3) is 0.308. The first-order chi connectivity index (χ1) is 8.19. The molecule has 0 N–H and O–H groups in total. The lowest BCUT2D eigenvalue weighted by Crippen LogP contribution is -2.05. The van der Waals surface area contributed by atoms with Crippen molar-refractivity contribution in [3.05, 3.63) is 52.8 Å². The first-order valence-corrected chi connectivity index (χ1v) is 6.40. The average Bonchev–Trinajstić information content (AvgIpc) is 2.72. The van der Waals surface area contributed by atoms with Gasteiger partial charge in [-0.05, 0) is 30.2 Å². The Morgan fingerprint density at radius 1 is 1.35 bits per heavy atom. The second-order valence-corrected chi connectivity index (χ2v) is 4.84. The van der Waals surface area contributed by atoms with Gasteiger partial charge in [-0.15, -0.1) is 11.6 Å². The van der Waals surface area contributed by atoms with E-state index in [9.17, 15) is 0 Å². The highest BCUT2D eigenvalue weighted by molar-refractivity contribution is 6.30. The number of rotatable bonds is 4. The summed E-state index contributed by atoms with van der Waals surface area (Å²) in [6.45, 7) is 0. The molecule has 1 atom stereocenters. The summed E-state index contributed by atoms with van der Waals surface area (Å²) >= 11 is 12.0. The molecule has 2 aromatic rings. The Morgan fingerprint density at radius 3 is 2.76 bits per heavy atom. The summed E-state index contributed by atoms with van der Waals surface area (Å²) in [4.78, 5) is 0. The van der Waals surface area contributed by atoms with E-state index in [4.69, 9.17) is 23.2 Å². The molecule has 0 aliphatic rings. The third-order valence-electron chi connectivity index (χ3n) is 2.73. The van der Waals surface area contributed by atoms with Crippen molar-refractivity contribution in [3.63, 3.8) is 0 Å². The van der Waals surface area contributed by atoms with Gasteiger partial charge < -0.3 is 0 Å². The standard InChI is InChI=1S/C13H14Cl2N2/c1-17-6-5-13(16-17)8-11(9-14)10-3-2-4-12(15)7-10/h2-7,11H,8-9H2,1H3. The van der Waals surface area contributed by atoms with Crippen LogP contribution >= 0.6 is 23.2 Å². The van der Waals surface area contributed by atoms with Crippen LogP contribution in [0.1, 0.15) is 17.2 Å². The normalized spacial score (nSPS) is 12.6. The molecule has 0 amide bonds. The molecule has 0 aliphatic carbocycles. The molecule has 4 heteroatoms. The Bertz CT molecular complexity index is 494. The summed E-state index contributed by atoms with van der Waals surface area (Å²) in [7, 11) is 1.92. The Hall–Kier alpha value is -0.990. The lowest BCUT2D eigenvalue weighted by molar-refractivity contribution is 0.698. The minimum Gasteiger partial charge on any atom is -0.276 e. The van der Waals surface area contributed by atoms with Crippen LogP contribution in [0.2, 0.25) is 5.02 Å². The van der Waals surface area contributed by atoms with E-state index in [0.717, 1.165) is 22.7 Å². The lowest BCUT2D eigenvalue weighted by atomic mass is 9.96. The van der Waals surface area contributed by atoms with Crippen LogP contribution < -0.4 is 0 Å². The van der Waals surface area contributed by atoms with Crippen LogP contribution in [-0.4, -0.2) is 15.7 Å². The van der Waals surface area contributed by atoms with E-state index in [-0.39, 0.29) is 5.92 Å². The van der Waals surface area contributed by atoms with Crippen molar-refractivity contribution in [1.29, 1.82) is 0 Å². The first-order valence-electron chi connectivity index (χ1n) is 5.49. The maximum Gasteiger partial charge on any atom is 0.0631 e. The maximum absolute atomic E-state index is 6.03. The fourth-order valence-electron chi connectivity index (χ4n) is 1.85. The quantitative estimate of drug-likeness (QED) is 0.775. The van der Waals surface area contributed by atoms with Gasteiger partial charge in [0.1, 0.15) is 0 Å².